The lowest BCUT2D eigenvalue weighted by atomic mass is 10.0. The van der Waals surface area contributed by atoms with Crippen molar-refractivity contribution >= 4 is 5.91 Å². The normalized spacial score (nSPS) is 22.3. The highest BCUT2D eigenvalue weighted by Crippen LogP contribution is 2.16. The second-order valence-electron chi connectivity index (χ2n) is 5.71. The van der Waals surface area contributed by atoms with E-state index in [0.717, 1.165) is 6.42 Å². The van der Waals surface area contributed by atoms with Gasteiger partial charge in [0.1, 0.15) is 6.10 Å². The van der Waals surface area contributed by atoms with Crippen molar-refractivity contribution in [3.63, 3.8) is 0 Å². The third kappa shape index (κ3) is 4.29. The van der Waals surface area contributed by atoms with E-state index in [1.807, 2.05) is 31.2 Å². The van der Waals surface area contributed by atoms with E-state index in [1.165, 1.54) is 5.56 Å². The van der Waals surface area contributed by atoms with Crippen molar-refractivity contribution in [2.24, 2.45) is 0 Å². The number of hydrogen-bond acceptors (Lipinski definition) is 3. The largest absolute Gasteiger partial charge is 0.379 e. The second kappa shape index (κ2) is 7.57. The Balaban J connectivity index is 1.99. The number of nitrogens with one attached hydrogen (secondary N) is 1. The minimum atomic E-state index is -0.0531. The maximum absolute atomic E-state index is 12.3. The quantitative estimate of drug-likeness (QED) is 0.907. The first kappa shape index (κ1) is 16.0. The van der Waals surface area contributed by atoms with Gasteiger partial charge in [-0.3, -0.25) is 4.79 Å². The molecule has 0 bridgehead atoms. The number of hydrogen-bond donors (Lipinski definition) is 1. The van der Waals surface area contributed by atoms with Crippen molar-refractivity contribution in [2.75, 3.05) is 19.8 Å². The van der Waals surface area contributed by atoms with Gasteiger partial charge in [0.15, 0.2) is 0 Å². The van der Waals surface area contributed by atoms with E-state index in [1.54, 1.807) is 0 Å². The van der Waals surface area contributed by atoms with Crippen LogP contribution in [-0.4, -0.2) is 37.9 Å². The minimum Gasteiger partial charge on any atom is -0.379 e. The van der Waals surface area contributed by atoms with Crippen LogP contribution in [0.1, 0.15) is 49.0 Å². The predicted octanol–water partition coefficient (Wildman–Crippen LogP) is 2.73. The van der Waals surface area contributed by atoms with Gasteiger partial charge in [-0.1, -0.05) is 26.0 Å². The molecule has 116 valence electrons. The summed E-state index contributed by atoms with van der Waals surface area (Å²) >= 11 is 0. The van der Waals surface area contributed by atoms with E-state index in [-0.39, 0.29) is 18.1 Å². The Morgan fingerprint density at radius 3 is 2.71 bits per heavy atom. The van der Waals surface area contributed by atoms with Crippen LogP contribution in [0, 0.1) is 0 Å². The van der Waals surface area contributed by atoms with Crippen LogP contribution in [0.25, 0.3) is 0 Å². The van der Waals surface area contributed by atoms with Crippen LogP contribution in [0.4, 0.5) is 0 Å². The molecule has 0 aromatic heterocycles. The number of carbonyl (C=O) groups is 1. The molecule has 21 heavy (non-hydrogen) atoms. The van der Waals surface area contributed by atoms with Gasteiger partial charge in [0.25, 0.3) is 5.91 Å². The molecule has 1 N–H and O–H groups in total. The van der Waals surface area contributed by atoms with Crippen molar-refractivity contribution in [1.29, 1.82) is 0 Å². The third-order valence-electron chi connectivity index (χ3n) is 3.84. The van der Waals surface area contributed by atoms with E-state index in [4.69, 9.17) is 9.47 Å². The van der Waals surface area contributed by atoms with Crippen molar-refractivity contribution in [3.8, 4) is 0 Å². The summed E-state index contributed by atoms with van der Waals surface area (Å²) in [5, 5.41) is 3.07. The van der Waals surface area contributed by atoms with E-state index in [2.05, 4.69) is 19.2 Å². The maximum atomic E-state index is 12.3. The molecule has 0 spiro atoms. The fourth-order valence-corrected chi connectivity index (χ4v) is 2.53. The molecule has 1 aliphatic rings. The van der Waals surface area contributed by atoms with E-state index < -0.39 is 0 Å². The van der Waals surface area contributed by atoms with Crippen molar-refractivity contribution in [1.82, 2.24) is 5.32 Å². The zero-order chi connectivity index (χ0) is 15.2. The average Bonchev–Trinajstić information content (AvgIpc) is 2.49. The highest BCUT2D eigenvalue weighted by atomic mass is 16.5. The SMILES string of the molecule is CCO[C@@H]1COCC[C@H]1NC(=O)c1ccc(C(C)C)cc1. The molecule has 1 aromatic carbocycles. The smallest absolute Gasteiger partial charge is 0.251 e. The van der Waals surface area contributed by atoms with Gasteiger partial charge in [-0.05, 0) is 37.0 Å². The first-order valence-corrected chi connectivity index (χ1v) is 7.72. The summed E-state index contributed by atoms with van der Waals surface area (Å²) in [5.41, 5.74) is 1.94. The van der Waals surface area contributed by atoms with Crippen LogP contribution in [0.5, 0.6) is 0 Å². The summed E-state index contributed by atoms with van der Waals surface area (Å²) in [6.07, 6.45) is 0.739. The topological polar surface area (TPSA) is 47.6 Å². The molecule has 0 saturated carbocycles. The van der Waals surface area contributed by atoms with Crippen LogP contribution in [0.2, 0.25) is 0 Å². The van der Waals surface area contributed by atoms with Gasteiger partial charge < -0.3 is 14.8 Å². The Labute approximate surface area is 126 Å². The van der Waals surface area contributed by atoms with E-state index in [0.29, 0.717) is 31.3 Å². The van der Waals surface area contributed by atoms with Gasteiger partial charge in [-0.25, -0.2) is 0 Å². The number of benzene rings is 1. The molecule has 1 saturated heterocycles. The summed E-state index contributed by atoms with van der Waals surface area (Å²) in [6, 6.07) is 7.84. The molecular formula is C17H25NO3. The van der Waals surface area contributed by atoms with E-state index >= 15 is 0 Å². The van der Waals surface area contributed by atoms with Crippen LogP contribution in [-0.2, 0) is 9.47 Å². The van der Waals surface area contributed by atoms with Crippen LogP contribution >= 0.6 is 0 Å². The number of carbonyl (C=O) groups excluding carboxylic acids is 1. The van der Waals surface area contributed by atoms with Gasteiger partial charge in [0.05, 0.1) is 12.6 Å². The van der Waals surface area contributed by atoms with Gasteiger partial charge in [-0.2, -0.15) is 0 Å². The lowest BCUT2D eigenvalue weighted by molar-refractivity contribution is -0.0632. The van der Waals surface area contributed by atoms with Gasteiger partial charge in [-0.15, -0.1) is 0 Å². The van der Waals surface area contributed by atoms with Crippen LogP contribution in [0.3, 0.4) is 0 Å². The van der Waals surface area contributed by atoms with Gasteiger partial charge in [0, 0.05) is 18.8 Å². The van der Waals surface area contributed by atoms with Crippen molar-refractivity contribution in [3.05, 3.63) is 35.4 Å². The monoisotopic (exact) mass is 291 g/mol. The standard InChI is InChI=1S/C17H25NO3/c1-4-21-16-11-20-10-9-15(16)18-17(19)14-7-5-13(6-8-14)12(2)3/h5-8,12,15-16H,4,9-11H2,1-3H3,(H,18,19)/t15-,16-/m1/s1. The summed E-state index contributed by atoms with van der Waals surface area (Å²) < 4.78 is 11.1. The lowest BCUT2D eigenvalue weighted by Gasteiger charge is -2.31. The van der Waals surface area contributed by atoms with Crippen molar-refractivity contribution < 1.29 is 14.3 Å². The first-order chi connectivity index (χ1) is 10.1. The first-order valence-electron chi connectivity index (χ1n) is 7.72. The highest BCUT2D eigenvalue weighted by molar-refractivity contribution is 5.94. The predicted molar refractivity (Wildman–Crippen MR) is 82.6 cm³/mol. The maximum Gasteiger partial charge on any atom is 0.251 e. The zero-order valence-electron chi connectivity index (χ0n) is 13.1. The Kier molecular flexibility index (Phi) is 5.76. The molecule has 1 aromatic rings. The molecule has 4 heteroatoms. The molecule has 4 nitrogen and oxygen atoms in total. The molecule has 2 atom stereocenters. The number of ether oxygens (including phenoxy) is 2. The molecule has 0 unspecified atom stereocenters. The summed E-state index contributed by atoms with van der Waals surface area (Å²) in [4.78, 5) is 12.3. The molecule has 1 aliphatic heterocycles. The highest BCUT2D eigenvalue weighted by Gasteiger charge is 2.27. The molecule has 1 heterocycles. The molecule has 0 radical (unpaired) electrons. The Hall–Kier alpha value is -1.39. The Morgan fingerprint density at radius 2 is 2.10 bits per heavy atom. The molecule has 1 amide bonds. The second-order valence-corrected chi connectivity index (χ2v) is 5.71. The summed E-state index contributed by atoms with van der Waals surface area (Å²) in [5.74, 6) is 0.432. The van der Waals surface area contributed by atoms with Crippen molar-refractivity contribution in [2.45, 2.75) is 45.3 Å². The molecule has 1 fully saturated rings. The van der Waals surface area contributed by atoms with Gasteiger partial charge in [0.2, 0.25) is 0 Å². The average molecular weight is 291 g/mol. The fourth-order valence-electron chi connectivity index (χ4n) is 2.53. The zero-order valence-corrected chi connectivity index (χ0v) is 13.1. The molecular weight excluding hydrogens is 266 g/mol. The fraction of sp³-hybridized carbons (Fsp3) is 0.588. The molecule has 2 rings (SSSR count). The minimum absolute atomic E-state index is 0.0241. The summed E-state index contributed by atoms with van der Waals surface area (Å²) in [6.45, 7) is 8.08. The molecule has 0 aliphatic carbocycles. The van der Waals surface area contributed by atoms with Gasteiger partial charge >= 0.3 is 0 Å². The van der Waals surface area contributed by atoms with Crippen LogP contribution < -0.4 is 5.32 Å². The summed E-state index contributed by atoms with van der Waals surface area (Å²) in [7, 11) is 0. The number of amides is 1. The van der Waals surface area contributed by atoms with Crippen LogP contribution in [0.15, 0.2) is 24.3 Å². The Bertz CT molecular complexity index is 454. The van der Waals surface area contributed by atoms with E-state index in [9.17, 15) is 4.79 Å². The Morgan fingerprint density at radius 1 is 1.38 bits per heavy atom. The lowest BCUT2D eigenvalue weighted by Crippen LogP contribution is -2.50. The number of rotatable bonds is 5. The third-order valence-corrected chi connectivity index (χ3v) is 3.84.